The molecule has 3 rings (SSSR count). The molecule has 46 heavy (non-hydrogen) atoms. The number of sulfone groups is 1. The molecule has 13 nitrogen and oxygen atoms in total. The fourth-order valence-corrected chi connectivity index (χ4v) is 5.50. The number of rotatable bonds is 22. The van der Waals surface area contributed by atoms with E-state index in [1.54, 1.807) is 36.5 Å². The fraction of sp³-hybridized carbons (Fsp3) is 0.400. The maximum atomic E-state index is 12.9. The number of nitrogens with zero attached hydrogens (tertiary/aromatic N) is 4. The van der Waals surface area contributed by atoms with E-state index in [-0.39, 0.29) is 41.1 Å². The zero-order valence-corrected chi connectivity index (χ0v) is 27.3. The minimum Gasteiger partial charge on any atom is -0.379 e. The van der Waals surface area contributed by atoms with Crippen LogP contribution in [0.4, 0.5) is 5.69 Å². The molecule has 0 bridgehead atoms. The van der Waals surface area contributed by atoms with Gasteiger partial charge in [-0.1, -0.05) is 34.4 Å². The lowest BCUT2D eigenvalue weighted by Gasteiger charge is -2.11. The van der Waals surface area contributed by atoms with Gasteiger partial charge in [-0.05, 0) is 54.1 Å². The van der Waals surface area contributed by atoms with Gasteiger partial charge in [0.2, 0.25) is 0 Å². The third-order valence-corrected chi connectivity index (χ3v) is 8.41. The molecule has 0 unspecified atom stereocenters. The van der Waals surface area contributed by atoms with Gasteiger partial charge in [0.15, 0.2) is 9.84 Å². The van der Waals surface area contributed by atoms with Crippen LogP contribution in [0, 0.1) is 0 Å². The standard InChI is InChI=1S/C30H35Cl2N5O8S/c31-27-7-4-23(21-26(27)29-3-1-2-8-34-29)36-30(38)25-6-5-24(22-28(25)32)46(39,40)20-19-45-18-17-44-16-15-43-14-13-42-12-11-41-10-9-35-37-33/h1-8,21-22H,9-20H2,(H,36,38). The molecule has 3 aromatic rings. The number of hydrogen-bond donors (Lipinski definition) is 1. The van der Waals surface area contributed by atoms with E-state index in [4.69, 9.17) is 52.4 Å². The molecular formula is C30H35Cl2N5O8S. The second-order valence-corrected chi connectivity index (χ2v) is 12.3. The first-order chi connectivity index (χ1) is 22.3. The molecule has 0 aliphatic rings. The summed E-state index contributed by atoms with van der Waals surface area (Å²) in [5.74, 6) is -0.773. The summed E-state index contributed by atoms with van der Waals surface area (Å²) in [4.78, 5) is 19.8. The molecule has 0 fully saturated rings. The summed E-state index contributed by atoms with van der Waals surface area (Å²) >= 11 is 12.6. The quantitative estimate of drug-likeness (QED) is 0.0619. The number of azide groups is 1. The van der Waals surface area contributed by atoms with Gasteiger partial charge >= 0.3 is 0 Å². The number of pyridine rings is 1. The largest absolute Gasteiger partial charge is 0.379 e. The summed E-state index contributed by atoms with van der Waals surface area (Å²) in [7, 11) is -3.71. The molecule has 16 heteroatoms. The summed E-state index contributed by atoms with van der Waals surface area (Å²) < 4.78 is 52.3. The maximum Gasteiger partial charge on any atom is 0.257 e. The monoisotopic (exact) mass is 695 g/mol. The van der Waals surface area contributed by atoms with E-state index in [0.717, 1.165) is 0 Å². The topological polar surface area (TPSA) is 171 Å². The van der Waals surface area contributed by atoms with Crippen molar-refractivity contribution in [1.29, 1.82) is 0 Å². The predicted molar refractivity (Wildman–Crippen MR) is 174 cm³/mol. The number of benzene rings is 2. The van der Waals surface area contributed by atoms with E-state index >= 15 is 0 Å². The van der Waals surface area contributed by atoms with Gasteiger partial charge in [0.1, 0.15) is 0 Å². The Balaban J connectivity index is 1.31. The zero-order chi connectivity index (χ0) is 33.0. The van der Waals surface area contributed by atoms with Gasteiger partial charge in [-0.25, -0.2) is 8.42 Å². The van der Waals surface area contributed by atoms with E-state index in [1.165, 1.54) is 18.2 Å². The summed E-state index contributed by atoms with van der Waals surface area (Å²) in [6.45, 7) is 3.47. The van der Waals surface area contributed by atoms with E-state index < -0.39 is 15.7 Å². The molecule has 0 saturated carbocycles. The number of halogens is 2. The van der Waals surface area contributed by atoms with Crippen molar-refractivity contribution in [3.63, 3.8) is 0 Å². The molecule has 2 aromatic carbocycles. The highest BCUT2D eigenvalue weighted by Crippen LogP contribution is 2.30. The Morgan fingerprint density at radius 1 is 0.804 bits per heavy atom. The average Bonchev–Trinajstić information content (AvgIpc) is 3.05. The number of anilines is 1. The number of nitrogens with one attached hydrogen (secondary N) is 1. The summed E-state index contributed by atoms with van der Waals surface area (Å²) in [6.07, 6.45) is 1.64. The van der Waals surface area contributed by atoms with Gasteiger partial charge in [0, 0.05) is 28.9 Å². The van der Waals surface area contributed by atoms with Crippen molar-refractivity contribution in [1.82, 2.24) is 4.98 Å². The third-order valence-electron chi connectivity index (χ3n) is 6.09. The number of hydrogen-bond acceptors (Lipinski definition) is 10. The summed E-state index contributed by atoms with van der Waals surface area (Å²) in [6, 6.07) is 14.4. The van der Waals surface area contributed by atoms with Crippen LogP contribution in [0.3, 0.4) is 0 Å². The minimum atomic E-state index is -3.71. The van der Waals surface area contributed by atoms with Crippen LogP contribution in [0.5, 0.6) is 0 Å². The molecule has 0 spiro atoms. The molecule has 1 aromatic heterocycles. The van der Waals surface area contributed by atoms with Crippen LogP contribution in [0.25, 0.3) is 21.7 Å². The van der Waals surface area contributed by atoms with E-state index in [2.05, 4.69) is 20.3 Å². The fourth-order valence-electron chi connectivity index (χ4n) is 3.81. The minimum absolute atomic E-state index is 0.00602. The van der Waals surface area contributed by atoms with Gasteiger partial charge in [-0.2, -0.15) is 0 Å². The Labute approximate surface area is 277 Å². The first-order valence-corrected chi connectivity index (χ1v) is 16.7. The van der Waals surface area contributed by atoms with Gasteiger partial charge < -0.3 is 29.0 Å². The SMILES string of the molecule is [N-]=[N+]=NCCOCCOCCOCCOCCOCCS(=O)(=O)c1ccc(C(=O)Nc2ccc(Cl)c(-c3ccccn3)c2)c(Cl)c1. The van der Waals surface area contributed by atoms with Crippen molar-refractivity contribution in [3.8, 4) is 11.3 Å². The van der Waals surface area contributed by atoms with Crippen molar-refractivity contribution < 1.29 is 36.9 Å². The van der Waals surface area contributed by atoms with Crippen LogP contribution in [0.1, 0.15) is 10.4 Å². The number of carbonyl (C=O) groups is 1. The van der Waals surface area contributed by atoms with Gasteiger partial charge in [0.25, 0.3) is 5.91 Å². The summed E-state index contributed by atoms with van der Waals surface area (Å²) in [5, 5.41) is 6.59. The van der Waals surface area contributed by atoms with Crippen molar-refractivity contribution in [2.45, 2.75) is 4.90 Å². The first kappa shape index (κ1) is 37.2. The molecular weight excluding hydrogens is 661 g/mol. The predicted octanol–water partition coefficient (Wildman–Crippen LogP) is 5.47. The highest BCUT2D eigenvalue weighted by molar-refractivity contribution is 7.91. The normalized spacial score (nSPS) is 11.3. The van der Waals surface area contributed by atoms with Gasteiger partial charge in [0.05, 0.1) is 98.0 Å². The molecule has 248 valence electrons. The van der Waals surface area contributed by atoms with E-state index in [1.807, 2.05) is 6.07 Å². The molecule has 0 aliphatic carbocycles. The number of amides is 1. The smallest absolute Gasteiger partial charge is 0.257 e. The Bertz CT molecular complexity index is 1540. The van der Waals surface area contributed by atoms with E-state index in [9.17, 15) is 13.2 Å². The second kappa shape index (κ2) is 20.7. The molecule has 0 radical (unpaired) electrons. The van der Waals surface area contributed by atoms with Crippen molar-refractivity contribution in [2.24, 2.45) is 5.11 Å². The lowest BCUT2D eigenvalue weighted by Crippen LogP contribution is -2.17. The third kappa shape index (κ3) is 13.2. The van der Waals surface area contributed by atoms with Crippen molar-refractivity contribution in [3.05, 3.63) is 86.8 Å². The molecule has 1 amide bonds. The second-order valence-electron chi connectivity index (χ2n) is 9.34. The Morgan fingerprint density at radius 2 is 1.43 bits per heavy atom. The maximum absolute atomic E-state index is 12.9. The van der Waals surface area contributed by atoms with Crippen LogP contribution < -0.4 is 5.32 Å². The Morgan fingerprint density at radius 3 is 2.02 bits per heavy atom. The summed E-state index contributed by atoms with van der Waals surface area (Å²) in [5.41, 5.74) is 10.0. The number of ether oxygens (including phenoxy) is 5. The molecule has 0 atom stereocenters. The molecule has 1 N–H and O–H groups in total. The van der Waals surface area contributed by atoms with Gasteiger partial charge in [-0.15, -0.1) is 0 Å². The first-order valence-electron chi connectivity index (χ1n) is 14.3. The zero-order valence-electron chi connectivity index (χ0n) is 25.0. The van der Waals surface area contributed by atoms with Crippen LogP contribution in [0.15, 0.2) is 70.8 Å². The molecule has 1 heterocycles. The molecule has 0 saturated heterocycles. The van der Waals surface area contributed by atoms with Crippen molar-refractivity contribution >= 4 is 44.6 Å². The Hall–Kier alpha value is -3.30. The van der Waals surface area contributed by atoms with Crippen molar-refractivity contribution in [2.75, 3.05) is 83.7 Å². The van der Waals surface area contributed by atoms with Crippen LogP contribution in [-0.4, -0.2) is 97.7 Å². The van der Waals surface area contributed by atoms with Crippen LogP contribution in [-0.2, 0) is 33.5 Å². The van der Waals surface area contributed by atoms with Gasteiger partial charge in [-0.3, -0.25) is 9.78 Å². The lowest BCUT2D eigenvalue weighted by molar-refractivity contribution is -0.00956. The lowest BCUT2D eigenvalue weighted by atomic mass is 10.1. The average molecular weight is 697 g/mol. The Kier molecular flexibility index (Phi) is 16.8. The highest BCUT2D eigenvalue weighted by Gasteiger charge is 2.19. The number of carbonyl (C=O) groups excluding carboxylic acids is 1. The van der Waals surface area contributed by atoms with Crippen LogP contribution >= 0.6 is 23.2 Å². The highest BCUT2D eigenvalue weighted by atomic mass is 35.5. The van der Waals surface area contributed by atoms with E-state index in [0.29, 0.717) is 74.8 Å². The van der Waals surface area contributed by atoms with Crippen LogP contribution in [0.2, 0.25) is 10.0 Å². The molecule has 0 aliphatic heterocycles. The number of aromatic nitrogens is 1.